The van der Waals surface area contributed by atoms with E-state index in [0.717, 1.165) is 31.7 Å². The number of hydrogen-bond donors (Lipinski definition) is 1. The van der Waals surface area contributed by atoms with Crippen molar-refractivity contribution in [3.05, 3.63) is 0 Å². The molecule has 1 heterocycles. The number of likely N-dealkylation sites (tertiary alicyclic amines) is 1. The molecule has 0 unspecified atom stereocenters. The first-order chi connectivity index (χ1) is 6.77. The lowest BCUT2D eigenvalue weighted by Crippen LogP contribution is -2.39. The highest BCUT2D eigenvalue weighted by molar-refractivity contribution is 7.98. The van der Waals surface area contributed by atoms with E-state index in [4.69, 9.17) is 5.11 Å². The van der Waals surface area contributed by atoms with Crippen molar-refractivity contribution in [1.82, 2.24) is 4.90 Å². The van der Waals surface area contributed by atoms with Crippen LogP contribution in [0.1, 0.15) is 19.3 Å². The molecule has 0 radical (unpaired) electrons. The van der Waals surface area contributed by atoms with E-state index in [1.807, 2.05) is 11.2 Å². The fourth-order valence-corrected chi connectivity index (χ4v) is 2.09. The van der Waals surface area contributed by atoms with E-state index < -0.39 is 0 Å². The van der Waals surface area contributed by atoms with Crippen LogP contribution in [-0.2, 0) is 4.79 Å². The molecule has 1 aliphatic rings. The molecule has 0 atom stereocenters. The molecular formula is C10H19NO2S. The monoisotopic (exact) mass is 217 g/mol. The van der Waals surface area contributed by atoms with E-state index in [1.165, 1.54) is 0 Å². The van der Waals surface area contributed by atoms with Gasteiger partial charge in [-0.2, -0.15) is 11.8 Å². The zero-order chi connectivity index (χ0) is 10.4. The molecule has 1 amide bonds. The van der Waals surface area contributed by atoms with Crippen LogP contribution >= 0.6 is 11.8 Å². The average molecular weight is 217 g/mol. The van der Waals surface area contributed by atoms with Crippen LogP contribution in [0.5, 0.6) is 0 Å². The zero-order valence-electron chi connectivity index (χ0n) is 8.74. The van der Waals surface area contributed by atoms with Gasteiger partial charge in [-0.25, -0.2) is 0 Å². The van der Waals surface area contributed by atoms with E-state index >= 15 is 0 Å². The Kier molecular flexibility index (Phi) is 5.33. The number of piperidine rings is 1. The molecule has 0 aromatic heterocycles. The standard InChI is InChI=1S/C10H19NO2S/c1-14-7-4-10(13)11-5-2-9(8-12)3-6-11/h9,12H,2-8H2,1H3. The van der Waals surface area contributed by atoms with Crippen LogP contribution in [0.2, 0.25) is 0 Å². The lowest BCUT2D eigenvalue weighted by atomic mass is 9.98. The van der Waals surface area contributed by atoms with Gasteiger partial charge in [0.1, 0.15) is 0 Å². The van der Waals surface area contributed by atoms with Gasteiger partial charge in [-0.1, -0.05) is 0 Å². The van der Waals surface area contributed by atoms with Crippen molar-refractivity contribution in [2.45, 2.75) is 19.3 Å². The van der Waals surface area contributed by atoms with Crippen LogP contribution in [0.3, 0.4) is 0 Å². The summed E-state index contributed by atoms with van der Waals surface area (Å²) in [5, 5.41) is 8.95. The summed E-state index contributed by atoms with van der Waals surface area (Å²) in [7, 11) is 0. The molecule has 1 aliphatic heterocycles. The van der Waals surface area contributed by atoms with Gasteiger partial charge >= 0.3 is 0 Å². The molecule has 0 saturated carbocycles. The molecule has 4 heteroatoms. The number of nitrogens with zero attached hydrogens (tertiary/aromatic N) is 1. The highest BCUT2D eigenvalue weighted by Gasteiger charge is 2.21. The van der Waals surface area contributed by atoms with Gasteiger partial charge in [-0.3, -0.25) is 4.79 Å². The Hall–Kier alpha value is -0.220. The maximum atomic E-state index is 11.6. The molecule has 0 aromatic rings. The average Bonchev–Trinajstić information content (AvgIpc) is 2.26. The Morgan fingerprint density at radius 1 is 1.50 bits per heavy atom. The molecule has 1 saturated heterocycles. The third-order valence-corrected chi connectivity index (χ3v) is 3.36. The fraction of sp³-hybridized carbons (Fsp3) is 0.900. The lowest BCUT2D eigenvalue weighted by molar-refractivity contribution is -0.132. The van der Waals surface area contributed by atoms with E-state index in [-0.39, 0.29) is 12.5 Å². The summed E-state index contributed by atoms with van der Waals surface area (Å²) in [5.74, 6) is 1.61. The number of rotatable bonds is 4. The van der Waals surface area contributed by atoms with Crippen molar-refractivity contribution in [2.75, 3.05) is 31.7 Å². The minimum atomic E-state index is 0.271. The topological polar surface area (TPSA) is 40.5 Å². The van der Waals surface area contributed by atoms with Crippen molar-refractivity contribution in [2.24, 2.45) is 5.92 Å². The first kappa shape index (κ1) is 11.9. The second-order valence-electron chi connectivity index (χ2n) is 3.75. The Labute approximate surface area is 89.9 Å². The predicted octanol–water partition coefficient (Wildman–Crippen LogP) is 0.970. The van der Waals surface area contributed by atoms with Crippen molar-refractivity contribution in [3.8, 4) is 0 Å². The van der Waals surface area contributed by atoms with Gasteiger partial charge in [0, 0.05) is 31.9 Å². The van der Waals surface area contributed by atoms with Gasteiger partial charge < -0.3 is 10.0 Å². The summed E-state index contributed by atoms with van der Waals surface area (Å²) in [5.41, 5.74) is 0. The van der Waals surface area contributed by atoms with E-state index in [0.29, 0.717) is 12.3 Å². The van der Waals surface area contributed by atoms with Crippen LogP contribution in [0.15, 0.2) is 0 Å². The van der Waals surface area contributed by atoms with Crippen molar-refractivity contribution in [3.63, 3.8) is 0 Å². The molecule has 0 aromatic carbocycles. The number of aliphatic hydroxyl groups excluding tert-OH is 1. The lowest BCUT2D eigenvalue weighted by Gasteiger charge is -2.31. The van der Waals surface area contributed by atoms with Crippen LogP contribution < -0.4 is 0 Å². The Bertz CT molecular complexity index is 179. The summed E-state index contributed by atoms with van der Waals surface area (Å²) in [6.45, 7) is 1.93. The van der Waals surface area contributed by atoms with Crippen LogP contribution in [0, 0.1) is 5.92 Å². The molecule has 1 fully saturated rings. The molecule has 1 N–H and O–H groups in total. The normalized spacial score (nSPS) is 18.6. The van der Waals surface area contributed by atoms with E-state index in [1.54, 1.807) is 11.8 Å². The summed E-state index contributed by atoms with van der Waals surface area (Å²) in [4.78, 5) is 13.5. The van der Waals surface area contributed by atoms with Crippen molar-refractivity contribution >= 4 is 17.7 Å². The van der Waals surface area contributed by atoms with Gasteiger partial charge in [-0.05, 0) is 25.0 Å². The molecule has 82 valence electrons. The summed E-state index contributed by atoms with van der Waals surface area (Å²) in [6.07, 6.45) is 4.60. The second-order valence-corrected chi connectivity index (χ2v) is 4.74. The summed E-state index contributed by atoms with van der Waals surface area (Å²) < 4.78 is 0. The Morgan fingerprint density at radius 3 is 2.64 bits per heavy atom. The predicted molar refractivity (Wildman–Crippen MR) is 59.4 cm³/mol. The smallest absolute Gasteiger partial charge is 0.223 e. The Morgan fingerprint density at radius 2 is 2.14 bits per heavy atom. The Balaban J connectivity index is 2.23. The number of thioether (sulfide) groups is 1. The van der Waals surface area contributed by atoms with Crippen molar-refractivity contribution < 1.29 is 9.90 Å². The van der Waals surface area contributed by atoms with Crippen LogP contribution in [0.4, 0.5) is 0 Å². The van der Waals surface area contributed by atoms with Crippen LogP contribution in [0.25, 0.3) is 0 Å². The first-order valence-electron chi connectivity index (χ1n) is 5.15. The quantitative estimate of drug-likeness (QED) is 0.763. The third-order valence-electron chi connectivity index (χ3n) is 2.75. The zero-order valence-corrected chi connectivity index (χ0v) is 9.55. The van der Waals surface area contributed by atoms with Crippen molar-refractivity contribution in [1.29, 1.82) is 0 Å². The highest BCUT2D eigenvalue weighted by atomic mass is 32.2. The molecule has 1 rings (SSSR count). The largest absolute Gasteiger partial charge is 0.396 e. The first-order valence-corrected chi connectivity index (χ1v) is 6.55. The molecule has 14 heavy (non-hydrogen) atoms. The summed E-state index contributed by atoms with van der Waals surface area (Å²) >= 11 is 1.71. The molecular weight excluding hydrogens is 198 g/mol. The van der Waals surface area contributed by atoms with Gasteiger partial charge in [0.2, 0.25) is 5.91 Å². The minimum Gasteiger partial charge on any atom is -0.396 e. The number of aliphatic hydroxyl groups is 1. The maximum absolute atomic E-state index is 11.6. The van der Waals surface area contributed by atoms with Crippen LogP contribution in [-0.4, -0.2) is 47.6 Å². The second kappa shape index (κ2) is 6.30. The van der Waals surface area contributed by atoms with Gasteiger partial charge in [0.15, 0.2) is 0 Å². The third kappa shape index (κ3) is 3.50. The molecule has 0 aliphatic carbocycles. The minimum absolute atomic E-state index is 0.271. The van der Waals surface area contributed by atoms with E-state index in [2.05, 4.69) is 0 Å². The fourth-order valence-electron chi connectivity index (χ4n) is 1.71. The molecule has 0 bridgehead atoms. The molecule has 3 nitrogen and oxygen atoms in total. The number of hydrogen-bond acceptors (Lipinski definition) is 3. The van der Waals surface area contributed by atoms with Gasteiger partial charge in [0.05, 0.1) is 0 Å². The van der Waals surface area contributed by atoms with E-state index in [9.17, 15) is 4.79 Å². The highest BCUT2D eigenvalue weighted by Crippen LogP contribution is 2.17. The summed E-state index contributed by atoms with van der Waals surface area (Å²) in [6, 6.07) is 0. The maximum Gasteiger partial charge on any atom is 0.223 e. The van der Waals surface area contributed by atoms with Gasteiger partial charge in [0.25, 0.3) is 0 Å². The number of amides is 1. The van der Waals surface area contributed by atoms with Gasteiger partial charge in [-0.15, -0.1) is 0 Å². The molecule has 0 spiro atoms. The SMILES string of the molecule is CSCCC(=O)N1CCC(CO)CC1. The number of carbonyl (C=O) groups excluding carboxylic acids is 1. The number of carbonyl (C=O) groups is 1.